The highest BCUT2D eigenvalue weighted by Crippen LogP contribution is 2.41. The Labute approximate surface area is 244 Å². The highest BCUT2D eigenvalue weighted by Gasteiger charge is 2.17. The summed E-state index contributed by atoms with van der Waals surface area (Å²) >= 11 is 0. The smallest absolute Gasteiger partial charge is 0.143 e. The van der Waals surface area contributed by atoms with E-state index >= 15 is 0 Å². The van der Waals surface area contributed by atoms with Crippen molar-refractivity contribution in [2.24, 2.45) is 0 Å². The zero-order valence-corrected chi connectivity index (χ0v) is 23.8. The molecule has 0 bridgehead atoms. The normalized spacial score (nSPS) is 11.8. The third-order valence-corrected chi connectivity index (χ3v) is 8.70. The van der Waals surface area contributed by atoms with E-state index in [4.69, 9.17) is 8.83 Å². The number of aryl methyl sites for hydroxylation is 2. The summed E-state index contributed by atoms with van der Waals surface area (Å²) in [5.41, 5.74) is 13.7. The van der Waals surface area contributed by atoms with E-state index in [-0.39, 0.29) is 0 Å². The summed E-state index contributed by atoms with van der Waals surface area (Å²) in [6.07, 6.45) is 1.92. The maximum absolute atomic E-state index is 6.42. The summed E-state index contributed by atoms with van der Waals surface area (Å²) in [5.74, 6) is 0. The average Bonchev–Trinajstić information content (AvgIpc) is 3.63. The van der Waals surface area contributed by atoms with Crippen molar-refractivity contribution in [3.63, 3.8) is 0 Å². The largest absolute Gasteiger partial charge is 0.456 e. The van der Waals surface area contributed by atoms with Crippen LogP contribution in [0, 0.1) is 0 Å². The van der Waals surface area contributed by atoms with E-state index in [9.17, 15) is 0 Å². The van der Waals surface area contributed by atoms with Gasteiger partial charge in [-0.05, 0) is 82.1 Å². The van der Waals surface area contributed by atoms with Crippen molar-refractivity contribution in [3.05, 3.63) is 132 Å². The second-order valence-electron chi connectivity index (χ2n) is 11.0. The molecule has 2 aromatic heterocycles. The van der Waals surface area contributed by atoms with Crippen molar-refractivity contribution in [3.8, 4) is 33.4 Å². The molecule has 0 N–H and O–H groups in total. The van der Waals surface area contributed by atoms with E-state index in [0.29, 0.717) is 0 Å². The fourth-order valence-corrected chi connectivity index (χ4v) is 6.60. The number of para-hydroxylation sites is 3. The molecule has 0 aliphatic heterocycles. The number of hydrogen-bond donors (Lipinski definition) is 0. The molecular weight excluding hydrogens is 512 g/mol. The van der Waals surface area contributed by atoms with Crippen LogP contribution < -0.4 is 0 Å². The Bertz CT molecular complexity index is 2280. The van der Waals surface area contributed by atoms with E-state index in [1.807, 2.05) is 24.3 Å². The summed E-state index contributed by atoms with van der Waals surface area (Å²) in [7, 11) is 0. The van der Waals surface area contributed by atoms with Crippen LogP contribution in [0.1, 0.15) is 25.0 Å². The molecule has 0 aliphatic carbocycles. The van der Waals surface area contributed by atoms with E-state index < -0.39 is 0 Å². The van der Waals surface area contributed by atoms with Gasteiger partial charge in [0.2, 0.25) is 0 Å². The number of benzene rings is 6. The van der Waals surface area contributed by atoms with E-state index in [2.05, 4.69) is 111 Å². The summed E-state index contributed by atoms with van der Waals surface area (Å²) in [5, 5.41) is 4.63. The fraction of sp³-hybridized carbons (Fsp3) is 0.100. The summed E-state index contributed by atoms with van der Waals surface area (Å²) < 4.78 is 12.6. The van der Waals surface area contributed by atoms with Crippen LogP contribution in [-0.4, -0.2) is 0 Å². The monoisotopic (exact) mass is 542 g/mol. The van der Waals surface area contributed by atoms with Gasteiger partial charge in [-0.2, -0.15) is 0 Å². The van der Waals surface area contributed by atoms with Gasteiger partial charge in [-0.15, -0.1) is 0 Å². The van der Waals surface area contributed by atoms with Gasteiger partial charge in [0.1, 0.15) is 22.3 Å². The molecule has 8 aromatic rings. The molecule has 0 saturated carbocycles. The van der Waals surface area contributed by atoms with Crippen LogP contribution in [0.25, 0.3) is 77.3 Å². The first-order valence-electron chi connectivity index (χ1n) is 14.8. The molecule has 0 unspecified atom stereocenters. The summed E-state index contributed by atoms with van der Waals surface area (Å²) in [6.45, 7) is 4.49. The van der Waals surface area contributed by atoms with Crippen LogP contribution in [0.15, 0.2) is 130 Å². The van der Waals surface area contributed by atoms with Gasteiger partial charge in [-0.25, -0.2) is 0 Å². The Kier molecular flexibility index (Phi) is 5.75. The van der Waals surface area contributed by atoms with Crippen LogP contribution in [-0.2, 0) is 12.8 Å². The lowest BCUT2D eigenvalue weighted by Crippen LogP contribution is -1.95. The van der Waals surface area contributed by atoms with Gasteiger partial charge < -0.3 is 8.83 Å². The van der Waals surface area contributed by atoms with Crippen molar-refractivity contribution >= 4 is 43.9 Å². The molecule has 2 heteroatoms. The third-order valence-electron chi connectivity index (χ3n) is 8.70. The van der Waals surface area contributed by atoms with Crippen molar-refractivity contribution in [2.75, 3.05) is 0 Å². The predicted octanol–water partition coefficient (Wildman–Crippen LogP) is 11.6. The van der Waals surface area contributed by atoms with E-state index in [0.717, 1.165) is 56.9 Å². The highest BCUT2D eigenvalue weighted by molar-refractivity contribution is 6.13. The molecule has 0 atom stereocenters. The standard InChI is InChI=1S/C40H30O2/c1-3-25-19-21-27(29-13-10-18-38-39(29)33-12-6-8-17-37(33)41-38)23-34(25)35-24-28(22-20-26(35)4-2)30-14-9-15-32-31-11-5-7-16-36(31)42-40(30)32/h5-24H,3-4H2,1-2H3. The van der Waals surface area contributed by atoms with Gasteiger partial charge in [0.15, 0.2) is 0 Å². The van der Waals surface area contributed by atoms with E-state index in [1.54, 1.807) is 0 Å². The first-order chi connectivity index (χ1) is 20.7. The molecule has 8 rings (SSSR count). The molecule has 0 spiro atoms. The van der Waals surface area contributed by atoms with Crippen LogP contribution in [0.3, 0.4) is 0 Å². The van der Waals surface area contributed by atoms with Gasteiger partial charge in [0.05, 0.1) is 0 Å². The molecule has 42 heavy (non-hydrogen) atoms. The molecule has 6 aromatic carbocycles. The van der Waals surface area contributed by atoms with Gasteiger partial charge in [-0.3, -0.25) is 0 Å². The number of rotatable bonds is 5. The lowest BCUT2D eigenvalue weighted by atomic mass is 9.87. The number of furan rings is 2. The Morgan fingerprint density at radius 1 is 0.429 bits per heavy atom. The molecule has 0 aliphatic rings. The molecule has 0 radical (unpaired) electrons. The van der Waals surface area contributed by atoms with Crippen LogP contribution in [0.2, 0.25) is 0 Å². The van der Waals surface area contributed by atoms with Crippen molar-refractivity contribution in [2.45, 2.75) is 26.7 Å². The first-order valence-corrected chi connectivity index (χ1v) is 14.8. The van der Waals surface area contributed by atoms with E-state index in [1.165, 1.54) is 44.3 Å². The van der Waals surface area contributed by atoms with Crippen LogP contribution in [0.4, 0.5) is 0 Å². The molecule has 0 saturated heterocycles. The Hall–Kier alpha value is -5.08. The fourth-order valence-electron chi connectivity index (χ4n) is 6.60. The Morgan fingerprint density at radius 3 is 1.69 bits per heavy atom. The summed E-state index contributed by atoms with van der Waals surface area (Å²) in [6, 6.07) is 43.3. The quantitative estimate of drug-likeness (QED) is 0.216. The first kappa shape index (κ1) is 24.7. The molecule has 202 valence electrons. The molecule has 2 nitrogen and oxygen atoms in total. The maximum Gasteiger partial charge on any atom is 0.143 e. The zero-order valence-electron chi connectivity index (χ0n) is 23.8. The highest BCUT2D eigenvalue weighted by atomic mass is 16.3. The SMILES string of the molecule is CCc1ccc(-c2cccc3c2oc2ccccc23)cc1-c1cc(-c2cccc3oc4ccccc4c23)ccc1CC. The number of fused-ring (bicyclic) bond motifs is 6. The second kappa shape index (κ2) is 9.78. The minimum atomic E-state index is 0.921. The van der Waals surface area contributed by atoms with Gasteiger partial charge in [0.25, 0.3) is 0 Å². The predicted molar refractivity (Wildman–Crippen MR) is 176 cm³/mol. The zero-order chi connectivity index (χ0) is 28.2. The Balaban J connectivity index is 1.34. The summed E-state index contributed by atoms with van der Waals surface area (Å²) in [4.78, 5) is 0. The second-order valence-corrected chi connectivity index (χ2v) is 11.0. The third kappa shape index (κ3) is 3.79. The van der Waals surface area contributed by atoms with Crippen molar-refractivity contribution < 1.29 is 8.83 Å². The molecule has 0 fully saturated rings. The van der Waals surface area contributed by atoms with Crippen LogP contribution in [0.5, 0.6) is 0 Å². The topological polar surface area (TPSA) is 26.3 Å². The molecule has 0 amide bonds. The lowest BCUT2D eigenvalue weighted by Gasteiger charge is -2.17. The minimum absolute atomic E-state index is 0.921. The minimum Gasteiger partial charge on any atom is -0.456 e. The average molecular weight is 543 g/mol. The Morgan fingerprint density at radius 2 is 0.976 bits per heavy atom. The molecule has 2 heterocycles. The molecular formula is C40H30O2. The number of hydrogen-bond acceptors (Lipinski definition) is 2. The van der Waals surface area contributed by atoms with Crippen molar-refractivity contribution in [1.29, 1.82) is 0 Å². The van der Waals surface area contributed by atoms with Crippen molar-refractivity contribution in [1.82, 2.24) is 0 Å². The van der Waals surface area contributed by atoms with Gasteiger partial charge in [0, 0.05) is 27.1 Å². The lowest BCUT2D eigenvalue weighted by molar-refractivity contribution is 0.669. The maximum atomic E-state index is 6.42. The van der Waals surface area contributed by atoms with Gasteiger partial charge >= 0.3 is 0 Å². The van der Waals surface area contributed by atoms with Gasteiger partial charge in [-0.1, -0.05) is 105 Å². The van der Waals surface area contributed by atoms with Crippen LogP contribution >= 0.6 is 0 Å².